The minimum absolute atomic E-state index is 0.0334. The van der Waals surface area contributed by atoms with Crippen LogP contribution < -0.4 is 16.4 Å². The Morgan fingerprint density at radius 1 is 1.05 bits per heavy atom. The molecule has 5 unspecified atom stereocenters. The van der Waals surface area contributed by atoms with Gasteiger partial charge in [0.25, 0.3) is 0 Å². The van der Waals surface area contributed by atoms with Crippen molar-refractivity contribution in [2.75, 3.05) is 26.8 Å². The van der Waals surface area contributed by atoms with Crippen molar-refractivity contribution >= 4 is 5.91 Å². The van der Waals surface area contributed by atoms with Gasteiger partial charge in [-0.1, -0.05) is 37.7 Å². The Bertz CT molecular complexity index is 865. The van der Waals surface area contributed by atoms with Crippen molar-refractivity contribution in [2.45, 2.75) is 107 Å². The van der Waals surface area contributed by atoms with E-state index in [1.165, 1.54) is 38.2 Å². The molecule has 5 aliphatic rings. The zero-order valence-corrected chi connectivity index (χ0v) is 22.5. The van der Waals surface area contributed by atoms with Crippen LogP contribution in [0.15, 0.2) is 12.7 Å². The molecule has 5 fully saturated rings. The van der Waals surface area contributed by atoms with Gasteiger partial charge in [0.2, 0.25) is 5.91 Å². The summed E-state index contributed by atoms with van der Waals surface area (Å²) in [6, 6.07) is 0.0334. The molecule has 206 valence electrons. The van der Waals surface area contributed by atoms with Gasteiger partial charge in [-0.2, -0.15) is 0 Å². The number of nitrogens with zero attached hydrogens (tertiary/aromatic N) is 2. The van der Waals surface area contributed by atoms with Gasteiger partial charge in [0.15, 0.2) is 0 Å². The predicted octanol–water partition coefficient (Wildman–Crippen LogP) is 1.75. The van der Waals surface area contributed by atoms with Crippen molar-refractivity contribution < 1.29 is 14.6 Å². The lowest BCUT2D eigenvalue weighted by molar-refractivity contribution is -0.128. The lowest BCUT2D eigenvalue weighted by Crippen LogP contribution is -2.63. The molecule has 0 spiro atoms. The van der Waals surface area contributed by atoms with Crippen molar-refractivity contribution in [1.82, 2.24) is 20.4 Å². The quantitative estimate of drug-likeness (QED) is 0.335. The van der Waals surface area contributed by atoms with E-state index in [2.05, 4.69) is 41.0 Å². The molecule has 3 heterocycles. The third-order valence-electron chi connectivity index (χ3n) is 9.84. The Hall–Kier alpha value is -1.47. The number of amides is 1. The average molecular weight is 514 g/mol. The number of piperidine rings is 1. The molecule has 1 amide bonds. The fraction of sp³-hybridized carbons (Fsp3) is 0.828. The lowest BCUT2D eigenvalue weighted by atomic mass is 9.70. The highest BCUT2D eigenvalue weighted by Gasteiger charge is 2.53. The van der Waals surface area contributed by atoms with Gasteiger partial charge in [0.1, 0.15) is 5.60 Å². The molecule has 5 atom stereocenters. The number of nitrogens with two attached hydrogens (primary N) is 1. The Morgan fingerprint density at radius 2 is 1.73 bits per heavy atom. The molecule has 37 heavy (non-hydrogen) atoms. The van der Waals surface area contributed by atoms with E-state index in [-0.39, 0.29) is 30.2 Å². The van der Waals surface area contributed by atoms with Crippen LogP contribution in [0.1, 0.15) is 70.6 Å². The average Bonchev–Trinajstić information content (AvgIpc) is 3.21. The number of carbonyl (C=O) groups excluding carboxylic acids is 1. The highest BCUT2D eigenvalue weighted by molar-refractivity contribution is 5.87. The smallest absolute Gasteiger partial charge is 0.245 e. The van der Waals surface area contributed by atoms with Gasteiger partial charge in [-0.25, -0.2) is 0 Å². The van der Waals surface area contributed by atoms with Gasteiger partial charge in [0.05, 0.1) is 30.6 Å². The molecule has 5 N–H and O–H groups in total. The first-order valence-corrected chi connectivity index (χ1v) is 14.6. The van der Waals surface area contributed by atoms with Crippen LogP contribution in [-0.2, 0) is 9.53 Å². The number of likely N-dealkylation sites (tertiary alicyclic amines) is 2. The van der Waals surface area contributed by atoms with Gasteiger partial charge < -0.3 is 20.5 Å². The normalized spacial score (nSPS) is 38.9. The summed E-state index contributed by atoms with van der Waals surface area (Å²) in [6.07, 6.45) is 14.2. The van der Waals surface area contributed by atoms with Gasteiger partial charge >= 0.3 is 0 Å². The molecular formula is C29H47N5O3. The molecule has 0 aromatic carbocycles. The van der Waals surface area contributed by atoms with Crippen molar-refractivity contribution in [1.29, 1.82) is 0 Å². The van der Waals surface area contributed by atoms with Crippen LogP contribution in [0.2, 0.25) is 0 Å². The third-order valence-corrected chi connectivity index (χ3v) is 9.84. The van der Waals surface area contributed by atoms with E-state index in [9.17, 15) is 9.90 Å². The number of aliphatic hydroxyl groups is 1. The maximum atomic E-state index is 12.0. The molecule has 0 bridgehead atoms. The highest BCUT2D eigenvalue weighted by Crippen LogP contribution is 2.45. The Morgan fingerprint density at radius 3 is 2.41 bits per heavy atom. The van der Waals surface area contributed by atoms with Crippen LogP contribution in [0.5, 0.6) is 0 Å². The second kappa shape index (κ2) is 11.7. The van der Waals surface area contributed by atoms with Crippen molar-refractivity contribution in [2.24, 2.45) is 23.5 Å². The topological polar surface area (TPSA) is 103 Å². The van der Waals surface area contributed by atoms with Crippen LogP contribution >= 0.6 is 0 Å². The summed E-state index contributed by atoms with van der Waals surface area (Å²) in [5.41, 5.74) is 5.61. The fourth-order valence-corrected chi connectivity index (χ4v) is 7.68. The van der Waals surface area contributed by atoms with Gasteiger partial charge in [0, 0.05) is 38.5 Å². The zero-order chi connectivity index (χ0) is 26.0. The summed E-state index contributed by atoms with van der Waals surface area (Å²) in [7, 11) is 2.15. The van der Waals surface area contributed by atoms with E-state index >= 15 is 0 Å². The maximum Gasteiger partial charge on any atom is 0.245 e. The Kier molecular flexibility index (Phi) is 8.59. The molecule has 8 nitrogen and oxygen atoms in total. The summed E-state index contributed by atoms with van der Waals surface area (Å²) >= 11 is 0. The molecule has 2 aliphatic carbocycles. The second-order valence-electron chi connectivity index (χ2n) is 12.1. The van der Waals surface area contributed by atoms with Crippen molar-refractivity contribution in [3.8, 4) is 11.8 Å². The first-order chi connectivity index (χ1) is 17.9. The molecule has 5 rings (SSSR count). The number of rotatable bonds is 4. The van der Waals surface area contributed by atoms with E-state index in [0.717, 1.165) is 25.7 Å². The van der Waals surface area contributed by atoms with Crippen LogP contribution in [0, 0.1) is 29.6 Å². The number of nitrogens with one attached hydrogen (secondary N) is 2. The minimum atomic E-state index is -1.06. The number of hydrogen-bond donors (Lipinski definition) is 4. The zero-order valence-electron chi connectivity index (χ0n) is 22.5. The molecule has 0 aromatic rings. The predicted molar refractivity (Wildman–Crippen MR) is 144 cm³/mol. The first kappa shape index (κ1) is 27.1. The maximum absolute atomic E-state index is 12.0. The van der Waals surface area contributed by atoms with Crippen LogP contribution in [0.25, 0.3) is 0 Å². The monoisotopic (exact) mass is 513 g/mol. The van der Waals surface area contributed by atoms with Gasteiger partial charge in [-0.05, 0) is 63.5 Å². The second-order valence-corrected chi connectivity index (χ2v) is 12.1. The van der Waals surface area contributed by atoms with E-state index < -0.39 is 5.60 Å². The molecule has 3 saturated heterocycles. The molecule has 3 aliphatic heterocycles. The lowest BCUT2D eigenvalue weighted by Gasteiger charge is -2.41. The Balaban J connectivity index is 1.28. The molecule has 0 radical (unpaired) electrons. The fourth-order valence-electron chi connectivity index (χ4n) is 7.68. The molecular weight excluding hydrogens is 466 g/mol. The standard InChI is InChI=1S/C29H47N5O3/c1-3-24(35)34-17-15-29(36,16-18-34)14-13-23-25(26-27(30)31-19-32-28(26)33(23)2)20-9-11-22(12-10-20)37-21-7-5-4-6-8-21/h3,20-23,25-28,31-32,36H,1,4-12,15-19,30H2,2H3. The van der Waals surface area contributed by atoms with E-state index in [0.29, 0.717) is 56.6 Å². The molecule has 0 aromatic heterocycles. The van der Waals surface area contributed by atoms with E-state index in [1.807, 2.05) is 0 Å². The van der Waals surface area contributed by atoms with Crippen molar-refractivity contribution in [3.05, 3.63) is 12.7 Å². The molecule has 8 heteroatoms. The number of hydrogen-bond acceptors (Lipinski definition) is 7. The summed E-state index contributed by atoms with van der Waals surface area (Å²) in [4.78, 5) is 16.1. The van der Waals surface area contributed by atoms with Crippen molar-refractivity contribution in [3.63, 3.8) is 0 Å². The van der Waals surface area contributed by atoms with Crippen LogP contribution in [0.4, 0.5) is 0 Å². The summed E-state index contributed by atoms with van der Waals surface area (Å²) in [5.74, 6) is 7.90. The third kappa shape index (κ3) is 5.93. The van der Waals surface area contributed by atoms with Crippen LogP contribution in [-0.4, -0.2) is 83.8 Å². The van der Waals surface area contributed by atoms with E-state index in [4.69, 9.17) is 10.5 Å². The number of fused-ring (bicyclic) bond motifs is 1. The largest absolute Gasteiger partial charge is 0.377 e. The summed E-state index contributed by atoms with van der Waals surface area (Å²) < 4.78 is 6.54. The van der Waals surface area contributed by atoms with Gasteiger partial charge in [-0.3, -0.25) is 20.3 Å². The summed E-state index contributed by atoms with van der Waals surface area (Å²) in [5, 5.41) is 18.3. The highest BCUT2D eigenvalue weighted by atomic mass is 16.5. The van der Waals surface area contributed by atoms with Gasteiger partial charge in [-0.15, -0.1) is 0 Å². The number of ether oxygens (including phenoxy) is 1. The SMILES string of the molecule is C=CC(=O)N1CCC(O)(C#CC2C(C3CCC(OC4CCCCC4)CC3)C3C(N)NCNC3N2C)CC1. The van der Waals surface area contributed by atoms with E-state index in [1.54, 1.807) is 4.90 Å². The Labute approximate surface area is 222 Å². The van der Waals surface area contributed by atoms with Crippen LogP contribution in [0.3, 0.4) is 0 Å². The minimum Gasteiger partial charge on any atom is -0.377 e. The number of carbonyl (C=O) groups is 1. The summed E-state index contributed by atoms with van der Waals surface area (Å²) in [6.45, 7) is 5.29. The molecule has 2 saturated carbocycles. The first-order valence-electron chi connectivity index (χ1n) is 14.6.